The van der Waals surface area contributed by atoms with Crippen molar-refractivity contribution in [3.05, 3.63) is 42.1 Å². The number of benzene rings is 1. The van der Waals surface area contributed by atoms with E-state index in [1.54, 1.807) is 0 Å². The normalized spacial score (nSPS) is 14.9. The summed E-state index contributed by atoms with van der Waals surface area (Å²) >= 11 is 0. The summed E-state index contributed by atoms with van der Waals surface area (Å²) in [5.41, 5.74) is 2.24. The molecule has 2 heterocycles. The standard InChI is InChI=1S/C22H30N4O2/c1-3-28-16-4-12-24-22(27)19-10-14-26(15-11-19)20-9-13-23-21(25-20)18-7-5-17(2)6-8-18/h5-9,13,19H,3-4,10-12,14-16H2,1-2H3,(H,24,27). The van der Waals surface area contributed by atoms with Crippen LogP contribution in [0.4, 0.5) is 5.82 Å². The predicted molar refractivity (Wildman–Crippen MR) is 111 cm³/mol. The average molecular weight is 383 g/mol. The van der Waals surface area contributed by atoms with Crippen LogP contribution >= 0.6 is 0 Å². The van der Waals surface area contributed by atoms with E-state index in [4.69, 9.17) is 9.72 Å². The van der Waals surface area contributed by atoms with Crippen LogP contribution in [0.2, 0.25) is 0 Å². The van der Waals surface area contributed by atoms with Crippen molar-refractivity contribution in [3.63, 3.8) is 0 Å². The molecule has 3 rings (SSSR count). The minimum atomic E-state index is 0.0850. The van der Waals surface area contributed by atoms with Crippen molar-refractivity contribution in [2.75, 3.05) is 37.7 Å². The lowest BCUT2D eigenvalue weighted by Crippen LogP contribution is -2.41. The highest BCUT2D eigenvalue weighted by molar-refractivity contribution is 5.78. The van der Waals surface area contributed by atoms with E-state index in [9.17, 15) is 4.79 Å². The lowest BCUT2D eigenvalue weighted by Gasteiger charge is -2.32. The van der Waals surface area contributed by atoms with E-state index in [0.717, 1.165) is 56.2 Å². The molecule has 1 saturated heterocycles. The maximum atomic E-state index is 12.3. The minimum absolute atomic E-state index is 0.0850. The van der Waals surface area contributed by atoms with Gasteiger partial charge in [0, 0.05) is 50.5 Å². The van der Waals surface area contributed by atoms with Gasteiger partial charge in [-0.05, 0) is 39.2 Å². The van der Waals surface area contributed by atoms with E-state index in [1.165, 1.54) is 5.56 Å². The van der Waals surface area contributed by atoms with Crippen molar-refractivity contribution in [1.29, 1.82) is 0 Å². The van der Waals surface area contributed by atoms with Gasteiger partial charge in [-0.3, -0.25) is 4.79 Å². The van der Waals surface area contributed by atoms with Gasteiger partial charge in [0.05, 0.1) is 0 Å². The zero-order valence-electron chi connectivity index (χ0n) is 16.9. The number of carbonyl (C=O) groups excluding carboxylic acids is 1. The molecule has 1 amide bonds. The molecular formula is C22H30N4O2. The first-order valence-corrected chi connectivity index (χ1v) is 10.2. The first kappa shape index (κ1) is 20.3. The monoisotopic (exact) mass is 382 g/mol. The number of hydrogen-bond acceptors (Lipinski definition) is 5. The molecule has 1 aromatic heterocycles. The molecule has 1 aliphatic rings. The fourth-order valence-corrected chi connectivity index (χ4v) is 3.41. The highest BCUT2D eigenvalue weighted by Crippen LogP contribution is 2.24. The molecule has 1 aromatic carbocycles. The zero-order valence-corrected chi connectivity index (χ0v) is 16.9. The predicted octanol–water partition coefficient (Wildman–Crippen LogP) is 3.21. The SMILES string of the molecule is CCOCCCNC(=O)C1CCN(c2ccnc(-c3ccc(C)cc3)n2)CC1. The molecule has 28 heavy (non-hydrogen) atoms. The molecule has 0 atom stereocenters. The highest BCUT2D eigenvalue weighted by Gasteiger charge is 2.25. The van der Waals surface area contributed by atoms with Gasteiger partial charge in [0.25, 0.3) is 0 Å². The quantitative estimate of drug-likeness (QED) is 0.710. The maximum Gasteiger partial charge on any atom is 0.223 e. The van der Waals surface area contributed by atoms with Crippen molar-refractivity contribution in [2.45, 2.75) is 33.1 Å². The Balaban J connectivity index is 1.51. The summed E-state index contributed by atoms with van der Waals surface area (Å²) in [6, 6.07) is 10.2. The molecule has 0 bridgehead atoms. The fraction of sp³-hybridized carbons (Fsp3) is 0.500. The Morgan fingerprint density at radius 2 is 1.96 bits per heavy atom. The molecule has 1 aliphatic heterocycles. The van der Waals surface area contributed by atoms with E-state index in [1.807, 2.05) is 19.2 Å². The molecule has 2 aromatic rings. The van der Waals surface area contributed by atoms with Gasteiger partial charge in [-0.25, -0.2) is 9.97 Å². The van der Waals surface area contributed by atoms with Crippen LogP contribution in [-0.2, 0) is 9.53 Å². The Morgan fingerprint density at radius 1 is 1.21 bits per heavy atom. The summed E-state index contributed by atoms with van der Waals surface area (Å²) in [4.78, 5) is 23.8. The maximum absolute atomic E-state index is 12.3. The number of aromatic nitrogens is 2. The minimum Gasteiger partial charge on any atom is -0.382 e. The Bertz CT molecular complexity index is 755. The van der Waals surface area contributed by atoms with Gasteiger partial charge in [0.15, 0.2) is 5.82 Å². The van der Waals surface area contributed by atoms with E-state index in [-0.39, 0.29) is 11.8 Å². The molecule has 6 heteroatoms. The lowest BCUT2D eigenvalue weighted by molar-refractivity contribution is -0.125. The Kier molecular flexibility index (Phi) is 7.37. The van der Waals surface area contributed by atoms with Gasteiger partial charge < -0.3 is 15.0 Å². The molecule has 0 unspecified atom stereocenters. The topological polar surface area (TPSA) is 67.3 Å². The lowest BCUT2D eigenvalue weighted by atomic mass is 9.96. The number of amides is 1. The first-order chi connectivity index (χ1) is 13.7. The summed E-state index contributed by atoms with van der Waals surface area (Å²) in [7, 11) is 0. The van der Waals surface area contributed by atoms with Crippen molar-refractivity contribution in [2.24, 2.45) is 5.92 Å². The third-order valence-electron chi connectivity index (χ3n) is 5.11. The average Bonchev–Trinajstić information content (AvgIpc) is 2.74. The second kappa shape index (κ2) is 10.2. The van der Waals surface area contributed by atoms with Gasteiger partial charge >= 0.3 is 0 Å². The Labute approximate surface area is 167 Å². The fourth-order valence-electron chi connectivity index (χ4n) is 3.41. The molecule has 0 spiro atoms. The number of nitrogens with one attached hydrogen (secondary N) is 1. The molecule has 1 fully saturated rings. The number of anilines is 1. The van der Waals surface area contributed by atoms with Crippen molar-refractivity contribution in [3.8, 4) is 11.4 Å². The summed E-state index contributed by atoms with van der Waals surface area (Å²) in [5.74, 6) is 1.92. The van der Waals surface area contributed by atoms with Crippen LogP contribution in [0.1, 0.15) is 31.7 Å². The molecule has 150 valence electrons. The summed E-state index contributed by atoms with van der Waals surface area (Å²) in [5, 5.41) is 3.04. The largest absolute Gasteiger partial charge is 0.382 e. The number of carbonyl (C=O) groups is 1. The second-order valence-corrected chi connectivity index (χ2v) is 7.21. The summed E-state index contributed by atoms with van der Waals surface area (Å²) in [6.07, 6.45) is 4.37. The molecule has 0 saturated carbocycles. The zero-order chi connectivity index (χ0) is 19.8. The van der Waals surface area contributed by atoms with E-state index >= 15 is 0 Å². The number of rotatable bonds is 8. The molecule has 6 nitrogen and oxygen atoms in total. The molecular weight excluding hydrogens is 352 g/mol. The van der Waals surface area contributed by atoms with Crippen LogP contribution in [0.25, 0.3) is 11.4 Å². The Hall–Kier alpha value is -2.47. The summed E-state index contributed by atoms with van der Waals surface area (Å²) < 4.78 is 5.30. The van der Waals surface area contributed by atoms with Crippen LogP contribution in [0, 0.1) is 12.8 Å². The van der Waals surface area contributed by atoms with Crippen LogP contribution in [-0.4, -0.2) is 48.7 Å². The smallest absolute Gasteiger partial charge is 0.223 e. The van der Waals surface area contributed by atoms with E-state index in [2.05, 4.69) is 46.4 Å². The van der Waals surface area contributed by atoms with Gasteiger partial charge in [-0.15, -0.1) is 0 Å². The van der Waals surface area contributed by atoms with Gasteiger partial charge in [-0.2, -0.15) is 0 Å². The van der Waals surface area contributed by atoms with Crippen molar-refractivity contribution < 1.29 is 9.53 Å². The molecule has 0 radical (unpaired) electrons. The third-order valence-corrected chi connectivity index (χ3v) is 5.11. The van der Waals surface area contributed by atoms with Crippen LogP contribution in [0.3, 0.4) is 0 Å². The van der Waals surface area contributed by atoms with Gasteiger partial charge in [-0.1, -0.05) is 29.8 Å². The first-order valence-electron chi connectivity index (χ1n) is 10.2. The number of ether oxygens (including phenoxy) is 1. The van der Waals surface area contributed by atoms with Gasteiger partial charge in [0.1, 0.15) is 5.82 Å². The van der Waals surface area contributed by atoms with Crippen molar-refractivity contribution >= 4 is 11.7 Å². The van der Waals surface area contributed by atoms with E-state index < -0.39 is 0 Å². The number of hydrogen-bond donors (Lipinski definition) is 1. The summed E-state index contributed by atoms with van der Waals surface area (Å²) in [6.45, 7) is 7.83. The number of nitrogens with zero attached hydrogens (tertiary/aromatic N) is 3. The number of piperidine rings is 1. The van der Waals surface area contributed by atoms with Crippen LogP contribution < -0.4 is 10.2 Å². The molecule has 0 aliphatic carbocycles. The van der Waals surface area contributed by atoms with E-state index in [0.29, 0.717) is 13.2 Å². The number of aryl methyl sites for hydroxylation is 1. The Morgan fingerprint density at radius 3 is 2.68 bits per heavy atom. The van der Waals surface area contributed by atoms with Crippen LogP contribution in [0.5, 0.6) is 0 Å². The molecule has 1 N–H and O–H groups in total. The van der Waals surface area contributed by atoms with Crippen molar-refractivity contribution in [1.82, 2.24) is 15.3 Å². The van der Waals surface area contributed by atoms with Gasteiger partial charge in [0.2, 0.25) is 5.91 Å². The third kappa shape index (κ3) is 5.52. The second-order valence-electron chi connectivity index (χ2n) is 7.21. The highest BCUT2D eigenvalue weighted by atomic mass is 16.5. The van der Waals surface area contributed by atoms with Crippen LogP contribution in [0.15, 0.2) is 36.5 Å².